The number of hydrogen-bond acceptors (Lipinski definition) is 5. The molecule has 8 nitrogen and oxygen atoms in total. The van der Waals surface area contributed by atoms with Gasteiger partial charge in [-0.3, -0.25) is 19.2 Å². The Kier molecular flexibility index (Phi) is 8.90. The van der Waals surface area contributed by atoms with Crippen LogP contribution in [0.4, 0.5) is 0 Å². The molecule has 0 aliphatic carbocycles. The minimum absolute atomic E-state index is 0.0474. The molecular weight excluding hydrogens is 302 g/mol. The maximum atomic E-state index is 12.3. The van der Waals surface area contributed by atoms with Crippen LogP contribution in [-0.4, -0.2) is 42.4 Å². The van der Waals surface area contributed by atoms with Crippen LogP contribution >= 0.6 is 0 Å². The van der Waals surface area contributed by atoms with Gasteiger partial charge in [0.05, 0.1) is 13.0 Å². The van der Waals surface area contributed by atoms with Crippen molar-refractivity contribution in [3.05, 3.63) is 0 Å². The summed E-state index contributed by atoms with van der Waals surface area (Å²) in [5.41, 5.74) is 5.32. The topological polar surface area (TPSA) is 128 Å². The lowest BCUT2D eigenvalue weighted by Crippen LogP contribution is -2.56. The first-order valence-corrected chi connectivity index (χ1v) is 7.62. The number of amides is 3. The number of rotatable bonds is 9. The van der Waals surface area contributed by atoms with Crippen LogP contribution in [0.3, 0.4) is 0 Å². The second-order valence-electron chi connectivity index (χ2n) is 5.80. The molecular formula is C15H27N3O5. The summed E-state index contributed by atoms with van der Waals surface area (Å²) in [5.74, 6) is -2.79. The van der Waals surface area contributed by atoms with Gasteiger partial charge in [-0.15, -0.1) is 0 Å². The number of nitrogens with one attached hydrogen (secondary N) is 2. The Morgan fingerprint density at radius 2 is 1.61 bits per heavy atom. The van der Waals surface area contributed by atoms with Crippen molar-refractivity contribution in [3.8, 4) is 0 Å². The van der Waals surface area contributed by atoms with E-state index in [9.17, 15) is 19.2 Å². The van der Waals surface area contributed by atoms with Gasteiger partial charge < -0.3 is 21.1 Å². The molecule has 0 aromatic carbocycles. The van der Waals surface area contributed by atoms with E-state index in [1.165, 1.54) is 6.92 Å². The van der Waals surface area contributed by atoms with E-state index in [4.69, 9.17) is 10.5 Å². The summed E-state index contributed by atoms with van der Waals surface area (Å²) >= 11 is 0. The van der Waals surface area contributed by atoms with Crippen LogP contribution in [0.2, 0.25) is 0 Å². The van der Waals surface area contributed by atoms with Crippen molar-refractivity contribution in [3.63, 3.8) is 0 Å². The summed E-state index contributed by atoms with van der Waals surface area (Å²) in [5, 5.41) is 5.04. The summed E-state index contributed by atoms with van der Waals surface area (Å²) in [6.07, 6.45) is -0.0474. The average molecular weight is 329 g/mol. The van der Waals surface area contributed by atoms with Gasteiger partial charge in [-0.1, -0.05) is 20.8 Å². The van der Waals surface area contributed by atoms with Gasteiger partial charge >= 0.3 is 5.97 Å². The van der Waals surface area contributed by atoms with E-state index in [0.29, 0.717) is 0 Å². The average Bonchev–Trinajstić information content (AvgIpc) is 2.40. The van der Waals surface area contributed by atoms with Gasteiger partial charge in [0.1, 0.15) is 12.1 Å². The fourth-order valence-corrected chi connectivity index (χ4v) is 2.09. The van der Waals surface area contributed by atoms with Crippen LogP contribution in [-0.2, 0) is 23.9 Å². The van der Waals surface area contributed by atoms with Gasteiger partial charge in [0.25, 0.3) is 0 Å². The lowest BCUT2D eigenvalue weighted by atomic mass is 9.96. The SMILES string of the molecule is CCOC(=O)C[C@H](C)[C@H](NC(=O)[C@H](NC(C)=O)C(C)C)C(N)=O. The molecule has 23 heavy (non-hydrogen) atoms. The summed E-state index contributed by atoms with van der Waals surface area (Å²) in [4.78, 5) is 46.6. The number of carbonyl (C=O) groups excluding carboxylic acids is 4. The van der Waals surface area contributed by atoms with Crippen molar-refractivity contribution in [1.82, 2.24) is 10.6 Å². The molecule has 0 aromatic rings. The number of nitrogens with two attached hydrogens (primary N) is 1. The van der Waals surface area contributed by atoms with Crippen molar-refractivity contribution in [2.45, 2.75) is 53.1 Å². The zero-order valence-corrected chi connectivity index (χ0v) is 14.3. The maximum Gasteiger partial charge on any atom is 0.306 e. The monoisotopic (exact) mass is 329 g/mol. The van der Waals surface area contributed by atoms with Crippen LogP contribution in [0.15, 0.2) is 0 Å². The summed E-state index contributed by atoms with van der Waals surface area (Å²) in [7, 11) is 0. The second-order valence-corrected chi connectivity index (χ2v) is 5.80. The first-order valence-electron chi connectivity index (χ1n) is 7.62. The third-order valence-electron chi connectivity index (χ3n) is 3.28. The van der Waals surface area contributed by atoms with E-state index in [-0.39, 0.29) is 24.9 Å². The van der Waals surface area contributed by atoms with Crippen LogP contribution in [0.5, 0.6) is 0 Å². The van der Waals surface area contributed by atoms with Gasteiger partial charge in [0, 0.05) is 6.92 Å². The molecule has 0 radical (unpaired) electrons. The highest BCUT2D eigenvalue weighted by molar-refractivity contribution is 5.91. The Hall–Kier alpha value is -2.12. The number of carbonyl (C=O) groups is 4. The lowest BCUT2D eigenvalue weighted by Gasteiger charge is -2.26. The fourth-order valence-electron chi connectivity index (χ4n) is 2.09. The minimum Gasteiger partial charge on any atom is -0.466 e. The molecule has 0 aliphatic rings. The first kappa shape index (κ1) is 20.9. The first-order chi connectivity index (χ1) is 10.6. The highest BCUT2D eigenvalue weighted by Gasteiger charge is 2.31. The molecule has 132 valence electrons. The van der Waals surface area contributed by atoms with Gasteiger partial charge in [-0.05, 0) is 18.8 Å². The Balaban J connectivity index is 4.97. The number of primary amides is 1. The molecule has 0 spiro atoms. The molecule has 0 saturated carbocycles. The normalized spacial score (nSPS) is 14.5. The molecule has 0 bridgehead atoms. The summed E-state index contributed by atoms with van der Waals surface area (Å²) in [6, 6.07) is -1.81. The van der Waals surface area contributed by atoms with Crippen LogP contribution < -0.4 is 16.4 Å². The summed E-state index contributed by atoms with van der Waals surface area (Å²) in [6.45, 7) is 8.36. The summed E-state index contributed by atoms with van der Waals surface area (Å²) < 4.78 is 4.82. The molecule has 0 fully saturated rings. The zero-order chi connectivity index (χ0) is 18.2. The molecule has 3 atom stereocenters. The number of esters is 1. The quantitative estimate of drug-likeness (QED) is 0.501. The fraction of sp³-hybridized carbons (Fsp3) is 0.733. The van der Waals surface area contributed by atoms with E-state index in [1.807, 2.05) is 0 Å². The van der Waals surface area contributed by atoms with Crippen LogP contribution in [0.25, 0.3) is 0 Å². The smallest absolute Gasteiger partial charge is 0.306 e. The van der Waals surface area contributed by atoms with Crippen molar-refractivity contribution in [1.29, 1.82) is 0 Å². The van der Waals surface area contributed by atoms with E-state index in [0.717, 1.165) is 0 Å². The minimum atomic E-state index is -1.03. The second kappa shape index (κ2) is 9.81. The third kappa shape index (κ3) is 7.62. The van der Waals surface area contributed by atoms with Gasteiger partial charge in [-0.25, -0.2) is 0 Å². The van der Waals surface area contributed by atoms with Crippen molar-refractivity contribution in [2.24, 2.45) is 17.6 Å². The largest absolute Gasteiger partial charge is 0.466 e. The predicted molar refractivity (Wildman–Crippen MR) is 84.0 cm³/mol. The zero-order valence-electron chi connectivity index (χ0n) is 14.3. The molecule has 0 rings (SSSR count). The van der Waals surface area contributed by atoms with Crippen molar-refractivity contribution < 1.29 is 23.9 Å². The molecule has 4 N–H and O–H groups in total. The van der Waals surface area contributed by atoms with Crippen molar-refractivity contribution in [2.75, 3.05) is 6.61 Å². The predicted octanol–water partition coefficient (Wildman–Crippen LogP) is -0.293. The highest BCUT2D eigenvalue weighted by Crippen LogP contribution is 2.11. The van der Waals surface area contributed by atoms with Gasteiger partial charge in [-0.2, -0.15) is 0 Å². The Bertz CT molecular complexity index is 450. The van der Waals surface area contributed by atoms with Gasteiger partial charge in [0.2, 0.25) is 17.7 Å². The Labute approximate surface area is 136 Å². The molecule has 3 amide bonds. The standard InChI is InChI=1S/C15H27N3O5/c1-6-23-11(20)7-9(4)13(14(16)21)18-15(22)12(8(2)3)17-10(5)19/h8-9,12-13H,6-7H2,1-5H3,(H2,16,21)(H,17,19)(H,18,22)/t9-,12+,13-/m0/s1. The Morgan fingerprint density at radius 3 is 2.00 bits per heavy atom. The lowest BCUT2D eigenvalue weighted by molar-refractivity contribution is -0.145. The third-order valence-corrected chi connectivity index (χ3v) is 3.28. The van der Waals surface area contributed by atoms with Gasteiger partial charge in [0.15, 0.2) is 0 Å². The molecule has 0 unspecified atom stereocenters. The molecule has 0 aromatic heterocycles. The molecule has 8 heteroatoms. The molecule has 0 saturated heterocycles. The van der Waals surface area contributed by atoms with Crippen molar-refractivity contribution >= 4 is 23.7 Å². The maximum absolute atomic E-state index is 12.3. The number of ether oxygens (including phenoxy) is 1. The van der Waals surface area contributed by atoms with E-state index >= 15 is 0 Å². The van der Waals surface area contributed by atoms with E-state index < -0.39 is 35.8 Å². The molecule has 0 aliphatic heterocycles. The van der Waals surface area contributed by atoms with Crippen LogP contribution in [0, 0.1) is 11.8 Å². The van der Waals surface area contributed by atoms with Crippen LogP contribution in [0.1, 0.15) is 41.0 Å². The Morgan fingerprint density at radius 1 is 1.04 bits per heavy atom. The number of hydrogen-bond donors (Lipinski definition) is 3. The van der Waals surface area contributed by atoms with E-state index in [1.54, 1.807) is 27.7 Å². The molecule has 0 heterocycles. The highest BCUT2D eigenvalue weighted by atomic mass is 16.5. The van der Waals surface area contributed by atoms with E-state index in [2.05, 4.69) is 10.6 Å².